The number of hydrogen-bond donors (Lipinski definition) is 0. The molecule has 1 saturated heterocycles. The number of para-hydroxylation sites is 1. The van der Waals surface area contributed by atoms with Crippen LogP contribution in [0, 0.1) is 10.1 Å². The third kappa shape index (κ3) is 3.02. The fourth-order valence-electron chi connectivity index (χ4n) is 2.43. The maximum atomic E-state index is 12.3. The van der Waals surface area contributed by atoms with Crippen molar-refractivity contribution in [2.75, 3.05) is 10.7 Å². The van der Waals surface area contributed by atoms with Crippen LogP contribution in [0.5, 0.6) is 0 Å². The first-order valence-electron chi connectivity index (χ1n) is 6.61. The third-order valence-electron chi connectivity index (χ3n) is 3.45. The number of rotatable bonds is 3. The molecule has 1 amide bonds. The summed E-state index contributed by atoms with van der Waals surface area (Å²) < 4.78 is 0. The highest BCUT2D eigenvalue weighted by Gasteiger charge is 2.37. The highest BCUT2D eigenvalue weighted by molar-refractivity contribution is 8.00. The molecule has 0 aliphatic carbocycles. The van der Waals surface area contributed by atoms with Gasteiger partial charge in [-0.3, -0.25) is 19.8 Å². The van der Waals surface area contributed by atoms with E-state index >= 15 is 0 Å². The quantitative estimate of drug-likeness (QED) is 0.582. The van der Waals surface area contributed by atoms with Crippen LogP contribution in [0.3, 0.4) is 0 Å². The summed E-state index contributed by atoms with van der Waals surface area (Å²) in [5.41, 5.74) is 1.04. The highest BCUT2D eigenvalue weighted by Crippen LogP contribution is 2.45. The van der Waals surface area contributed by atoms with Crippen molar-refractivity contribution in [3.63, 3.8) is 0 Å². The Labute approximate surface area is 146 Å². The summed E-state index contributed by atoms with van der Waals surface area (Å²) in [6.45, 7) is 0. The third-order valence-corrected chi connectivity index (χ3v) is 5.38. The number of halogens is 2. The molecule has 0 aromatic heterocycles. The lowest BCUT2D eigenvalue weighted by atomic mass is 10.1. The topological polar surface area (TPSA) is 63.4 Å². The number of carbonyl (C=O) groups excluding carboxylic acids is 1. The Morgan fingerprint density at radius 2 is 1.91 bits per heavy atom. The van der Waals surface area contributed by atoms with Gasteiger partial charge in [-0.05, 0) is 24.3 Å². The SMILES string of the molecule is O=C1CSC(c2ccccc2[N+](=O)[O-])N1c1ccc(Cl)c(Cl)c1. The summed E-state index contributed by atoms with van der Waals surface area (Å²) in [5, 5.41) is 11.5. The molecule has 0 radical (unpaired) electrons. The van der Waals surface area contributed by atoms with Crippen molar-refractivity contribution < 1.29 is 9.72 Å². The van der Waals surface area contributed by atoms with Gasteiger partial charge in [0.2, 0.25) is 5.91 Å². The van der Waals surface area contributed by atoms with E-state index in [9.17, 15) is 14.9 Å². The lowest BCUT2D eigenvalue weighted by Gasteiger charge is -2.24. The van der Waals surface area contributed by atoms with Gasteiger partial charge in [0.1, 0.15) is 5.37 Å². The van der Waals surface area contributed by atoms with Crippen molar-refractivity contribution in [2.45, 2.75) is 5.37 Å². The number of hydrogen-bond acceptors (Lipinski definition) is 4. The summed E-state index contributed by atoms with van der Waals surface area (Å²) in [4.78, 5) is 24.6. The van der Waals surface area contributed by atoms with Crippen molar-refractivity contribution in [1.82, 2.24) is 0 Å². The molecule has 0 spiro atoms. The number of nitro benzene ring substituents is 1. The monoisotopic (exact) mass is 368 g/mol. The number of amides is 1. The van der Waals surface area contributed by atoms with Gasteiger partial charge in [0.05, 0.1) is 26.3 Å². The zero-order chi connectivity index (χ0) is 16.6. The van der Waals surface area contributed by atoms with E-state index in [1.165, 1.54) is 22.7 Å². The highest BCUT2D eigenvalue weighted by atomic mass is 35.5. The van der Waals surface area contributed by atoms with E-state index in [2.05, 4.69) is 0 Å². The van der Waals surface area contributed by atoms with Crippen LogP contribution < -0.4 is 4.90 Å². The molecule has 118 valence electrons. The van der Waals surface area contributed by atoms with Gasteiger partial charge in [-0.1, -0.05) is 35.3 Å². The van der Waals surface area contributed by atoms with Crippen molar-refractivity contribution in [3.8, 4) is 0 Å². The first kappa shape index (κ1) is 16.1. The van der Waals surface area contributed by atoms with E-state index in [-0.39, 0.29) is 17.3 Å². The van der Waals surface area contributed by atoms with Crippen LogP contribution in [-0.2, 0) is 4.79 Å². The van der Waals surface area contributed by atoms with Gasteiger partial charge < -0.3 is 0 Å². The molecular formula is C15H10Cl2N2O3S. The van der Waals surface area contributed by atoms with Crippen molar-refractivity contribution in [2.24, 2.45) is 0 Å². The summed E-state index contributed by atoms with van der Waals surface area (Å²) in [7, 11) is 0. The number of nitrogens with zero attached hydrogens (tertiary/aromatic N) is 2. The molecule has 1 unspecified atom stereocenters. The van der Waals surface area contributed by atoms with Gasteiger partial charge in [-0.2, -0.15) is 0 Å². The van der Waals surface area contributed by atoms with Gasteiger partial charge in [-0.25, -0.2) is 0 Å². The lowest BCUT2D eigenvalue weighted by Crippen LogP contribution is -2.28. The minimum absolute atomic E-state index is 0.00948. The summed E-state index contributed by atoms with van der Waals surface area (Å²) in [5.74, 6) is 0.119. The Morgan fingerprint density at radius 1 is 1.17 bits per heavy atom. The average Bonchev–Trinajstić information content (AvgIpc) is 2.91. The lowest BCUT2D eigenvalue weighted by molar-refractivity contribution is -0.385. The molecule has 1 aliphatic rings. The Morgan fingerprint density at radius 3 is 2.61 bits per heavy atom. The van der Waals surface area contributed by atoms with Crippen molar-refractivity contribution in [1.29, 1.82) is 0 Å². The van der Waals surface area contributed by atoms with Crippen molar-refractivity contribution in [3.05, 3.63) is 68.2 Å². The van der Waals surface area contributed by atoms with Gasteiger partial charge in [0, 0.05) is 11.8 Å². The molecule has 5 nitrogen and oxygen atoms in total. The maximum absolute atomic E-state index is 12.3. The molecule has 2 aromatic rings. The Hall–Kier alpha value is -1.76. The zero-order valence-electron chi connectivity index (χ0n) is 11.6. The molecule has 1 fully saturated rings. The molecule has 0 saturated carbocycles. The number of thioether (sulfide) groups is 1. The molecule has 1 atom stereocenters. The standard InChI is InChI=1S/C15H10Cl2N2O3S/c16-11-6-5-9(7-12(11)17)18-14(20)8-23-15(18)10-3-1-2-4-13(10)19(21)22/h1-7,15H,8H2. The molecule has 8 heteroatoms. The Bertz CT molecular complexity index is 800. The second kappa shape index (κ2) is 6.39. The van der Waals surface area contributed by atoms with E-state index < -0.39 is 10.3 Å². The zero-order valence-corrected chi connectivity index (χ0v) is 13.9. The van der Waals surface area contributed by atoms with Crippen LogP contribution in [-0.4, -0.2) is 16.6 Å². The average molecular weight is 369 g/mol. The minimum atomic E-state index is -0.471. The van der Waals surface area contributed by atoms with Gasteiger partial charge in [0.15, 0.2) is 0 Å². The van der Waals surface area contributed by atoms with Gasteiger partial charge in [0.25, 0.3) is 5.69 Å². The molecule has 1 heterocycles. The Balaban J connectivity index is 2.07. The van der Waals surface area contributed by atoms with E-state index in [4.69, 9.17) is 23.2 Å². The molecule has 3 rings (SSSR count). The molecule has 0 N–H and O–H groups in total. The van der Waals surface area contributed by atoms with E-state index in [1.54, 1.807) is 36.4 Å². The van der Waals surface area contributed by atoms with Crippen LogP contribution in [0.2, 0.25) is 10.0 Å². The largest absolute Gasteiger partial charge is 0.295 e. The normalized spacial score (nSPS) is 17.6. The minimum Gasteiger partial charge on any atom is -0.295 e. The number of carbonyl (C=O) groups is 1. The maximum Gasteiger partial charge on any atom is 0.275 e. The molecular weight excluding hydrogens is 359 g/mol. The van der Waals surface area contributed by atoms with Crippen LogP contribution in [0.4, 0.5) is 11.4 Å². The predicted octanol–water partition coefficient (Wildman–Crippen LogP) is 4.68. The second-order valence-corrected chi connectivity index (χ2v) is 6.72. The summed E-state index contributed by atoms with van der Waals surface area (Å²) in [6, 6.07) is 11.3. The van der Waals surface area contributed by atoms with Gasteiger partial charge >= 0.3 is 0 Å². The van der Waals surface area contributed by atoms with Crippen LogP contribution in [0.25, 0.3) is 0 Å². The van der Waals surface area contributed by atoms with Gasteiger partial charge in [-0.15, -0.1) is 11.8 Å². The molecule has 0 bridgehead atoms. The molecule has 2 aromatic carbocycles. The molecule has 1 aliphatic heterocycles. The van der Waals surface area contributed by atoms with Crippen LogP contribution in [0.15, 0.2) is 42.5 Å². The Kier molecular flexibility index (Phi) is 4.48. The summed E-state index contributed by atoms with van der Waals surface area (Å²) in [6.07, 6.45) is 0. The second-order valence-electron chi connectivity index (χ2n) is 4.84. The number of nitro groups is 1. The molecule has 23 heavy (non-hydrogen) atoms. The fraction of sp³-hybridized carbons (Fsp3) is 0.133. The van der Waals surface area contributed by atoms with Crippen LogP contribution >= 0.6 is 35.0 Å². The first-order valence-corrected chi connectivity index (χ1v) is 8.41. The first-order chi connectivity index (χ1) is 11.0. The van der Waals surface area contributed by atoms with E-state index in [0.29, 0.717) is 21.3 Å². The smallest absolute Gasteiger partial charge is 0.275 e. The summed E-state index contributed by atoms with van der Waals surface area (Å²) >= 11 is 13.3. The number of anilines is 1. The predicted molar refractivity (Wildman–Crippen MR) is 92.2 cm³/mol. The van der Waals surface area contributed by atoms with E-state index in [1.807, 2.05) is 0 Å². The van der Waals surface area contributed by atoms with Crippen LogP contribution in [0.1, 0.15) is 10.9 Å². The van der Waals surface area contributed by atoms with Crippen molar-refractivity contribution >= 4 is 52.2 Å². The fourth-order valence-corrected chi connectivity index (χ4v) is 3.93. The van der Waals surface area contributed by atoms with E-state index in [0.717, 1.165) is 0 Å². The number of benzene rings is 2.